The van der Waals surface area contributed by atoms with Crippen LogP contribution in [-0.2, 0) is 10.2 Å². The summed E-state index contributed by atoms with van der Waals surface area (Å²) in [5.41, 5.74) is 0.141. The van der Waals surface area contributed by atoms with Crippen molar-refractivity contribution in [2.24, 2.45) is 0 Å². The standard InChI is InChI=1S/C16H14FNO3/c17-12-6-10(13-8-18-14(21-13)9-1-2-9)5-11(7-12)16(3-4-16)15(19)20/h5-9H,1-4H2,(H,19,20). The van der Waals surface area contributed by atoms with Crippen molar-refractivity contribution in [2.45, 2.75) is 37.0 Å². The molecule has 0 spiro atoms. The number of hydrogen-bond donors (Lipinski definition) is 1. The lowest BCUT2D eigenvalue weighted by atomic mass is 9.94. The van der Waals surface area contributed by atoms with E-state index >= 15 is 0 Å². The van der Waals surface area contributed by atoms with Gasteiger partial charge in [0.2, 0.25) is 0 Å². The molecule has 108 valence electrons. The number of aromatic nitrogens is 1. The fourth-order valence-corrected chi connectivity index (χ4v) is 2.70. The Bertz CT molecular complexity index is 729. The number of carboxylic acid groups (broad SMARTS) is 1. The molecule has 2 fully saturated rings. The average Bonchev–Trinajstić information content (AvgIpc) is 3.36. The SMILES string of the molecule is O=C(O)C1(c2cc(F)cc(-c3cnc(C4CC4)o3)c2)CC1. The van der Waals surface area contributed by atoms with Crippen LogP contribution in [0.15, 0.2) is 28.8 Å². The number of halogens is 1. The Balaban J connectivity index is 1.75. The normalized spacial score (nSPS) is 19.5. The maximum atomic E-state index is 13.9. The number of carboxylic acids is 1. The van der Waals surface area contributed by atoms with Crippen molar-refractivity contribution >= 4 is 5.97 Å². The average molecular weight is 287 g/mol. The molecular formula is C16H14FNO3. The first-order valence-electron chi connectivity index (χ1n) is 7.09. The first-order chi connectivity index (χ1) is 10.1. The molecule has 0 amide bonds. The van der Waals surface area contributed by atoms with E-state index < -0.39 is 17.2 Å². The second-order valence-electron chi connectivity index (χ2n) is 5.95. The van der Waals surface area contributed by atoms with Crippen molar-refractivity contribution in [3.05, 3.63) is 41.7 Å². The zero-order valence-electron chi connectivity index (χ0n) is 11.3. The molecule has 2 saturated carbocycles. The Hall–Kier alpha value is -2.17. The van der Waals surface area contributed by atoms with Gasteiger partial charge in [0.15, 0.2) is 11.7 Å². The number of rotatable bonds is 4. The van der Waals surface area contributed by atoms with Crippen molar-refractivity contribution in [1.82, 2.24) is 4.98 Å². The highest BCUT2D eigenvalue weighted by Gasteiger charge is 2.52. The summed E-state index contributed by atoms with van der Waals surface area (Å²) in [4.78, 5) is 15.6. The van der Waals surface area contributed by atoms with Gasteiger partial charge in [-0.25, -0.2) is 9.37 Å². The number of aliphatic carboxylic acids is 1. The predicted octanol–water partition coefficient (Wildman–Crippen LogP) is 3.47. The molecule has 1 N–H and O–H groups in total. The Labute approximate surface area is 120 Å². The van der Waals surface area contributed by atoms with Gasteiger partial charge in [-0.1, -0.05) is 0 Å². The maximum Gasteiger partial charge on any atom is 0.314 e. The quantitative estimate of drug-likeness (QED) is 0.935. The van der Waals surface area contributed by atoms with E-state index in [1.165, 1.54) is 12.1 Å². The van der Waals surface area contributed by atoms with Crippen LogP contribution >= 0.6 is 0 Å². The minimum Gasteiger partial charge on any atom is -0.481 e. The van der Waals surface area contributed by atoms with E-state index in [-0.39, 0.29) is 0 Å². The van der Waals surface area contributed by atoms with Crippen LogP contribution in [0.2, 0.25) is 0 Å². The van der Waals surface area contributed by atoms with Gasteiger partial charge < -0.3 is 9.52 Å². The maximum absolute atomic E-state index is 13.9. The third-order valence-electron chi connectivity index (χ3n) is 4.34. The Morgan fingerprint density at radius 2 is 2.10 bits per heavy atom. The molecule has 0 aliphatic heterocycles. The van der Waals surface area contributed by atoms with Gasteiger partial charge in [0.1, 0.15) is 5.82 Å². The van der Waals surface area contributed by atoms with Crippen LogP contribution in [0, 0.1) is 5.82 Å². The van der Waals surface area contributed by atoms with E-state index in [9.17, 15) is 14.3 Å². The fourth-order valence-electron chi connectivity index (χ4n) is 2.70. The molecule has 2 aliphatic carbocycles. The molecule has 0 radical (unpaired) electrons. The van der Waals surface area contributed by atoms with Gasteiger partial charge in [-0.3, -0.25) is 4.79 Å². The molecule has 0 saturated heterocycles. The fraction of sp³-hybridized carbons (Fsp3) is 0.375. The van der Waals surface area contributed by atoms with Gasteiger partial charge in [0, 0.05) is 11.5 Å². The largest absolute Gasteiger partial charge is 0.481 e. The van der Waals surface area contributed by atoms with Gasteiger partial charge >= 0.3 is 5.97 Å². The van der Waals surface area contributed by atoms with Crippen LogP contribution in [-0.4, -0.2) is 16.1 Å². The Morgan fingerprint density at radius 1 is 1.33 bits per heavy atom. The van der Waals surface area contributed by atoms with Gasteiger partial charge in [-0.15, -0.1) is 0 Å². The minimum atomic E-state index is -0.920. The van der Waals surface area contributed by atoms with Crippen LogP contribution < -0.4 is 0 Å². The van der Waals surface area contributed by atoms with Gasteiger partial charge in [0.05, 0.1) is 11.6 Å². The number of carbonyl (C=O) groups is 1. The van der Waals surface area contributed by atoms with E-state index in [0.29, 0.717) is 41.5 Å². The topological polar surface area (TPSA) is 63.3 Å². The highest BCUT2D eigenvalue weighted by Crippen LogP contribution is 2.49. The molecule has 1 heterocycles. The molecule has 4 rings (SSSR count). The lowest BCUT2D eigenvalue weighted by Gasteiger charge is -2.11. The summed E-state index contributed by atoms with van der Waals surface area (Å²) in [6, 6.07) is 4.38. The third kappa shape index (κ3) is 2.04. The van der Waals surface area contributed by atoms with Crippen molar-refractivity contribution in [3.63, 3.8) is 0 Å². The highest BCUT2D eigenvalue weighted by atomic mass is 19.1. The van der Waals surface area contributed by atoms with Crippen LogP contribution in [0.1, 0.15) is 43.1 Å². The van der Waals surface area contributed by atoms with E-state index in [4.69, 9.17) is 4.42 Å². The highest BCUT2D eigenvalue weighted by molar-refractivity contribution is 5.85. The molecule has 4 nitrogen and oxygen atoms in total. The zero-order chi connectivity index (χ0) is 14.6. The second kappa shape index (κ2) is 4.16. The molecular weight excluding hydrogens is 273 g/mol. The van der Waals surface area contributed by atoms with Crippen LogP contribution in [0.5, 0.6) is 0 Å². The molecule has 0 atom stereocenters. The lowest BCUT2D eigenvalue weighted by Crippen LogP contribution is -2.19. The summed E-state index contributed by atoms with van der Waals surface area (Å²) in [5, 5.41) is 9.34. The minimum absolute atomic E-state index is 0.389. The summed E-state index contributed by atoms with van der Waals surface area (Å²) >= 11 is 0. The van der Waals surface area contributed by atoms with Crippen molar-refractivity contribution < 1.29 is 18.7 Å². The number of hydrogen-bond acceptors (Lipinski definition) is 3. The van der Waals surface area contributed by atoms with Crippen molar-refractivity contribution in [3.8, 4) is 11.3 Å². The van der Waals surface area contributed by atoms with Crippen molar-refractivity contribution in [2.75, 3.05) is 0 Å². The van der Waals surface area contributed by atoms with Gasteiger partial charge in [0.25, 0.3) is 0 Å². The first kappa shape index (κ1) is 12.6. The van der Waals surface area contributed by atoms with Crippen LogP contribution in [0.25, 0.3) is 11.3 Å². The molecule has 1 aromatic carbocycles. The summed E-state index contributed by atoms with van der Waals surface area (Å²) in [7, 11) is 0. The van der Waals surface area contributed by atoms with E-state index in [1.54, 1.807) is 12.3 Å². The molecule has 2 aliphatic rings. The molecule has 21 heavy (non-hydrogen) atoms. The summed E-state index contributed by atoms with van der Waals surface area (Å²) in [6.45, 7) is 0. The number of oxazole rings is 1. The van der Waals surface area contributed by atoms with E-state index in [2.05, 4.69) is 4.98 Å². The van der Waals surface area contributed by atoms with Gasteiger partial charge in [-0.2, -0.15) is 0 Å². The molecule has 2 aromatic rings. The first-order valence-corrected chi connectivity index (χ1v) is 7.09. The Morgan fingerprint density at radius 3 is 2.71 bits per heavy atom. The van der Waals surface area contributed by atoms with Gasteiger partial charge in [-0.05, 0) is 49.4 Å². The summed E-state index contributed by atoms with van der Waals surface area (Å²) < 4.78 is 19.5. The van der Waals surface area contributed by atoms with Crippen LogP contribution in [0.4, 0.5) is 4.39 Å². The second-order valence-corrected chi connectivity index (χ2v) is 5.95. The van der Waals surface area contributed by atoms with E-state index in [1.807, 2.05) is 0 Å². The monoisotopic (exact) mass is 287 g/mol. The Kier molecular flexibility index (Phi) is 2.49. The predicted molar refractivity (Wildman–Crippen MR) is 72.4 cm³/mol. The molecule has 5 heteroatoms. The number of nitrogens with zero attached hydrogens (tertiary/aromatic N) is 1. The lowest BCUT2D eigenvalue weighted by molar-refractivity contribution is -0.140. The smallest absolute Gasteiger partial charge is 0.314 e. The molecule has 0 unspecified atom stereocenters. The molecule has 0 bridgehead atoms. The number of benzene rings is 1. The van der Waals surface area contributed by atoms with Crippen LogP contribution in [0.3, 0.4) is 0 Å². The zero-order valence-corrected chi connectivity index (χ0v) is 11.3. The van der Waals surface area contributed by atoms with E-state index in [0.717, 1.165) is 12.8 Å². The van der Waals surface area contributed by atoms with Crippen molar-refractivity contribution in [1.29, 1.82) is 0 Å². The molecule has 1 aromatic heterocycles. The third-order valence-corrected chi connectivity index (χ3v) is 4.34. The summed E-state index contributed by atoms with van der Waals surface area (Å²) in [6.07, 6.45) is 4.85. The summed E-state index contributed by atoms with van der Waals surface area (Å²) in [5.74, 6) is 0.240.